The molecule has 1 heterocycles. The van der Waals surface area contributed by atoms with Gasteiger partial charge in [0.1, 0.15) is 5.82 Å². The fraction of sp³-hybridized carbons (Fsp3) is 0.357. The van der Waals surface area contributed by atoms with Crippen molar-refractivity contribution in [2.45, 2.75) is 6.42 Å². The van der Waals surface area contributed by atoms with Gasteiger partial charge in [-0.15, -0.1) is 0 Å². The average molecular weight is 293 g/mol. The van der Waals surface area contributed by atoms with Gasteiger partial charge in [-0.25, -0.2) is 4.39 Å². The van der Waals surface area contributed by atoms with Crippen LogP contribution in [0.4, 0.5) is 4.39 Å². The van der Waals surface area contributed by atoms with Gasteiger partial charge in [-0.2, -0.15) is 0 Å². The SMILES string of the molecule is O=C1CCN(C(=O)CNC(=O)c2ccccc2F)CCN1. The average Bonchev–Trinajstić information content (AvgIpc) is 2.69. The number of rotatable bonds is 3. The van der Waals surface area contributed by atoms with Crippen molar-refractivity contribution in [1.29, 1.82) is 0 Å². The van der Waals surface area contributed by atoms with Gasteiger partial charge in [0.2, 0.25) is 11.8 Å². The Morgan fingerprint density at radius 3 is 2.81 bits per heavy atom. The molecular formula is C14H16FN3O3. The molecule has 1 aliphatic rings. The Labute approximate surface area is 121 Å². The van der Waals surface area contributed by atoms with Crippen molar-refractivity contribution >= 4 is 17.7 Å². The topological polar surface area (TPSA) is 78.5 Å². The summed E-state index contributed by atoms with van der Waals surface area (Å²) in [6.07, 6.45) is 0.243. The predicted molar refractivity (Wildman–Crippen MR) is 72.9 cm³/mol. The van der Waals surface area contributed by atoms with E-state index in [4.69, 9.17) is 0 Å². The number of benzene rings is 1. The molecule has 0 saturated carbocycles. The molecule has 1 aromatic rings. The first-order valence-corrected chi connectivity index (χ1v) is 6.65. The van der Waals surface area contributed by atoms with E-state index in [0.717, 1.165) is 0 Å². The maximum Gasteiger partial charge on any atom is 0.254 e. The van der Waals surface area contributed by atoms with Gasteiger partial charge >= 0.3 is 0 Å². The van der Waals surface area contributed by atoms with Gasteiger partial charge in [0.15, 0.2) is 0 Å². The lowest BCUT2D eigenvalue weighted by Crippen LogP contribution is -2.41. The van der Waals surface area contributed by atoms with E-state index in [9.17, 15) is 18.8 Å². The number of halogens is 1. The Balaban J connectivity index is 1.87. The molecule has 0 radical (unpaired) electrons. The molecule has 6 nitrogen and oxygen atoms in total. The summed E-state index contributed by atoms with van der Waals surface area (Å²) in [6.45, 7) is 0.896. The minimum atomic E-state index is -0.634. The van der Waals surface area contributed by atoms with Crippen LogP contribution in [0.25, 0.3) is 0 Å². The van der Waals surface area contributed by atoms with E-state index < -0.39 is 11.7 Å². The van der Waals surface area contributed by atoms with Gasteiger partial charge in [-0.3, -0.25) is 14.4 Å². The van der Waals surface area contributed by atoms with Crippen molar-refractivity contribution in [2.24, 2.45) is 0 Å². The largest absolute Gasteiger partial charge is 0.354 e. The monoisotopic (exact) mass is 293 g/mol. The standard InChI is InChI=1S/C14H16FN3O3/c15-11-4-2-1-3-10(11)14(21)17-9-13(20)18-7-5-12(19)16-6-8-18/h1-4H,5-9H2,(H,16,19)(H,17,21). The molecule has 3 amide bonds. The number of nitrogens with one attached hydrogen (secondary N) is 2. The van der Waals surface area contributed by atoms with Crippen LogP contribution >= 0.6 is 0 Å². The van der Waals surface area contributed by atoms with Crippen molar-refractivity contribution in [2.75, 3.05) is 26.2 Å². The van der Waals surface area contributed by atoms with E-state index in [1.54, 1.807) is 6.07 Å². The fourth-order valence-electron chi connectivity index (χ4n) is 2.02. The molecule has 21 heavy (non-hydrogen) atoms. The number of nitrogens with zero attached hydrogens (tertiary/aromatic N) is 1. The molecule has 2 rings (SSSR count). The van der Waals surface area contributed by atoms with Crippen LogP contribution in [0.15, 0.2) is 24.3 Å². The van der Waals surface area contributed by atoms with Crippen LogP contribution < -0.4 is 10.6 Å². The highest BCUT2D eigenvalue weighted by atomic mass is 19.1. The molecule has 2 N–H and O–H groups in total. The molecule has 7 heteroatoms. The number of hydrogen-bond acceptors (Lipinski definition) is 3. The van der Waals surface area contributed by atoms with E-state index in [2.05, 4.69) is 10.6 Å². The number of amides is 3. The summed E-state index contributed by atoms with van der Waals surface area (Å²) in [7, 11) is 0. The number of carbonyl (C=O) groups is 3. The Morgan fingerprint density at radius 1 is 1.29 bits per heavy atom. The summed E-state index contributed by atoms with van der Waals surface area (Å²) >= 11 is 0. The zero-order valence-electron chi connectivity index (χ0n) is 11.4. The van der Waals surface area contributed by atoms with Gasteiger partial charge in [0.25, 0.3) is 5.91 Å². The molecule has 1 fully saturated rings. The van der Waals surface area contributed by atoms with Crippen LogP contribution in [0.1, 0.15) is 16.8 Å². The summed E-state index contributed by atoms with van der Waals surface area (Å²) in [5.41, 5.74) is -0.0991. The molecule has 0 bridgehead atoms. The van der Waals surface area contributed by atoms with Crippen LogP contribution in [0.2, 0.25) is 0 Å². The Hall–Kier alpha value is -2.44. The van der Waals surface area contributed by atoms with Gasteiger partial charge in [-0.05, 0) is 12.1 Å². The summed E-state index contributed by atoms with van der Waals surface area (Å²) in [6, 6.07) is 5.57. The van der Waals surface area contributed by atoms with Gasteiger partial charge in [-0.1, -0.05) is 12.1 Å². The molecule has 1 aliphatic heterocycles. The molecule has 1 saturated heterocycles. The van der Waals surface area contributed by atoms with Crippen LogP contribution in [-0.4, -0.2) is 48.8 Å². The van der Waals surface area contributed by atoms with Gasteiger partial charge in [0, 0.05) is 26.1 Å². The predicted octanol–water partition coefficient (Wildman–Crippen LogP) is -0.0960. The molecule has 112 valence electrons. The Kier molecular flexibility index (Phi) is 4.86. The number of carbonyl (C=O) groups excluding carboxylic acids is 3. The molecule has 0 spiro atoms. The van der Waals surface area contributed by atoms with E-state index >= 15 is 0 Å². The van der Waals surface area contributed by atoms with Crippen molar-refractivity contribution in [1.82, 2.24) is 15.5 Å². The second-order valence-corrected chi connectivity index (χ2v) is 4.64. The first-order valence-electron chi connectivity index (χ1n) is 6.65. The van der Waals surface area contributed by atoms with Crippen molar-refractivity contribution in [3.05, 3.63) is 35.6 Å². The summed E-state index contributed by atoms with van der Waals surface area (Å²) in [4.78, 5) is 36.4. The smallest absolute Gasteiger partial charge is 0.254 e. The van der Waals surface area contributed by atoms with E-state index in [0.29, 0.717) is 19.6 Å². The molecule has 0 atom stereocenters. The van der Waals surface area contributed by atoms with Crippen LogP contribution in [0.3, 0.4) is 0 Å². The van der Waals surface area contributed by atoms with E-state index in [1.807, 2.05) is 0 Å². The highest BCUT2D eigenvalue weighted by Gasteiger charge is 2.19. The molecule has 0 unspecified atom stereocenters. The Morgan fingerprint density at radius 2 is 2.05 bits per heavy atom. The maximum absolute atomic E-state index is 13.4. The first kappa shape index (κ1) is 15.0. The maximum atomic E-state index is 13.4. The molecule has 1 aromatic carbocycles. The molecular weight excluding hydrogens is 277 g/mol. The van der Waals surface area contributed by atoms with Gasteiger partial charge in [0.05, 0.1) is 12.1 Å². The summed E-state index contributed by atoms with van der Waals surface area (Å²) in [5, 5.41) is 5.05. The van der Waals surface area contributed by atoms with Crippen molar-refractivity contribution in [3.8, 4) is 0 Å². The zero-order valence-corrected chi connectivity index (χ0v) is 11.4. The quantitative estimate of drug-likeness (QED) is 0.817. The second kappa shape index (κ2) is 6.83. The van der Waals surface area contributed by atoms with Crippen LogP contribution in [0, 0.1) is 5.82 Å². The molecule has 0 aliphatic carbocycles. The third-order valence-electron chi connectivity index (χ3n) is 3.18. The lowest BCUT2D eigenvalue weighted by molar-refractivity contribution is -0.130. The van der Waals surface area contributed by atoms with E-state index in [1.165, 1.54) is 23.1 Å². The number of hydrogen-bond donors (Lipinski definition) is 2. The second-order valence-electron chi connectivity index (χ2n) is 4.64. The lowest BCUT2D eigenvalue weighted by Gasteiger charge is -2.19. The highest BCUT2D eigenvalue weighted by Crippen LogP contribution is 2.05. The summed E-state index contributed by atoms with van der Waals surface area (Å²) in [5.74, 6) is -1.66. The lowest BCUT2D eigenvalue weighted by atomic mass is 10.2. The van der Waals surface area contributed by atoms with Crippen molar-refractivity contribution in [3.63, 3.8) is 0 Å². The fourth-order valence-corrected chi connectivity index (χ4v) is 2.02. The highest BCUT2D eigenvalue weighted by molar-refractivity contribution is 5.96. The normalized spacial score (nSPS) is 15.1. The summed E-state index contributed by atoms with van der Waals surface area (Å²) < 4.78 is 13.4. The third kappa shape index (κ3) is 4.01. The van der Waals surface area contributed by atoms with Gasteiger partial charge < -0.3 is 15.5 Å². The van der Waals surface area contributed by atoms with Crippen LogP contribution in [0.5, 0.6) is 0 Å². The van der Waals surface area contributed by atoms with Crippen molar-refractivity contribution < 1.29 is 18.8 Å². The third-order valence-corrected chi connectivity index (χ3v) is 3.18. The minimum Gasteiger partial charge on any atom is -0.354 e. The zero-order chi connectivity index (χ0) is 15.2. The minimum absolute atomic E-state index is 0.0966. The van der Waals surface area contributed by atoms with Crippen LogP contribution in [-0.2, 0) is 9.59 Å². The Bertz CT molecular complexity index is 562. The molecule has 0 aromatic heterocycles. The van der Waals surface area contributed by atoms with E-state index in [-0.39, 0.29) is 30.3 Å². The first-order chi connectivity index (χ1) is 10.1.